The van der Waals surface area contributed by atoms with Crippen LogP contribution in [-0.4, -0.2) is 31.7 Å². The fourth-order valence-electron chi connectivity index (χ4n) is 2.93. The first-order chi connectivity index (χ1) is 11.8. The number of aryl methyl sites for hydroxylation is 1. The summed E-state index contributed by atoms with van der Waals surface area (Å²) in [6.07, 6.45) is -5.56. The topological polar surface area (TPSA) is 51.0 Å². The van der Waals surface area contributed by atoms with Gasteiger partial charge in [0, 0.05) is 18.0 Å². The molecular weight excluding hydrogens is 357 g/mol. The van der Waals surface area contributed by atoms with E-state index >= 15 is 0 Å². The number of hydrogen-bond acceptors (Lipinski definition) is 3. The fraction of sp³-hybridized carbons (Fsp3) is 0.438. The number of nitrogens with zero attached hydrogens (tertiary/aromatic N) is 4. The van der Waals surface area contributed by atoms with Gasteiger partial charge in [0.05, 0.1) is 13.0 Å². The van der Waals surface area contributed by atoms with Crippen LogP contribution in [0.4, 0.5) is 13.2 Å². The van der Waals surface area contributed by atoms with Crippen LogP contribution in [0, 0.1) is 0 Å². The Labute approximate surface area is 147 Å². The van der Waals surface area contributed by atoms with E-state index in [9.17, 15) is 18.0 Å². The quantitative estimate of drug-likeness (QED) is 0.825. The van der Waals surface area contributed by atoms with E-state index < -0.39 is 18.6 Å². The van der Waals surface area contributed by atoms with Crippen molar-refractivity contribution in [1.29, 1.82) is 0 Å². The predicted octanol–water partition coefficient (Wildman–Crippen LogP) is 3.53. The molecule has 25 heavy (non-hydrogen) atoms. The first-order valence-electron chi connectivity index (χ1n) is 7.78. The zero-order valence-electron chi connectivity index (χ0n) is 13.4. The number of alkyl halides is 3. The van der Waals surface area contributed by atoms with E-state index in [-0.39, 0.29) is 24.7 Å². The molecule has 1 aromatic carbocycles. The molecule has 0 spiro atoms. The van der Waals surface area contributed by atoms with Crippen LogP contribution in [0.2, 0.25) is 5.02 Å². The smallest absolute Gasteiger partial charge is 0.329 e. The molecule has 1 amide bonds. The van der Waals surface area contributed by atoms with Gasteiger partial charge in [-0.1, -0.05) is 29.8 Å². The molecule has 0 radical (unpaired) electrons. The van der Waals surface area contributed by atoms with Gasteiger partial charge in [-0.3, -0.25) is 4.79 Å². The molecule has 0 saturated heterocycles. The van der Waals surface area contributed by atoms with Gasteiger partial charge in [0.15, 0.2) is 5.82 Å². The molecule has 0 saturated carbocycles. The molecule has 1 aliphatic heterocycles. The SMILES string of the molecule is C[C@H]1C(=O)N(Cc2ccccc2Cl)Cc2nnc(CCC(F)(F)F)n21. The number of carbonyl (C=O) groups is 1. The van der Waals surface area contributed by atoms with Gasteiger partial charge in [0.2, 0.25) is 5.91 Å². The molecule has 0 bridgehead atoms. The maximum Gasteiger partial charge on any atom is 0.389 e. The third-order valence-corrected chi connectivity index (χ3v) is 4.55. The Bertz CT molecular complexity index is 790. The summed E-state index contributed by atoms with van der Waals surface area (Å²) in [5, 5.41) is 8.38. The van der Waals surface area contributed by atoms with Crippen LogP contribution in [-0.2, 0) is 24.3 Å². The third-order valence-electron chi connectivity index (χ3n) is 4.18. The van der Waals surface area contributed by atoms with E-state index in [2.05, 4.69) is 10.2 Å². The molecule has 0 fully saturated rings. The molecule has 1 aromatic heterocycles. The summed E-state index contributed by atoms with van der Waals surface area (Å²) in [5.74, 6) is 0.474. The fourth-order valence-corrected chi connectivity index (χ4v) is 3.12. The van der Waals surface area contributed by atoms with Gasteiger partial charge in [-0.15, -0.1) is 10.2 Å². The molecule has 0 unspecified atom stereocenters. The van der Waals surface area contributed by atoms with Crippen LogP contribution < -0.4 is 0 Å². The Hall–Kier alpha value is -2.09. The summed E-state index contributed by atoms with van der Waals surface area (Å²) in [6, 6.07) is 6.55. The van der Waals surface area contributed by atoms with Crippen molar-refractivity contribution in [1.82, 2.24) is 19.7 Å². The molecule has 0 aliphatic carbocycles. The zero-order valence-corrected chi connectivity index (χ0v) is 14.2. The summed E-state index contributed by atoms with van der Waals surface area (Å²) in [6.45, 7) is 2.14. The van der Waals surface area contributed by atoms with Crippen LogP contribution in [0.5, 0.6) is 0 Å². The number of amides is 1. The van der Waals surface area contributed by atoms with Crippen molar-refractivity contribution in [2.24, 2.45) is 0 Å². The van der Waals surface area contributed by atoms with Crippen molar-refractivity contribution in [3.05, 3.63) is 46.5 Å². The molecule has 1 atom stereocenters. The van der Waals surface area contributed by atoms with Gasteiger partial charge >= 0.3 is 6.18 Å². The molecule has 134 valence electrons. The molecule has 0 N–H and O–H groups in total. The monoisotopic (exact) mass is 372 g/mol. The minimum Gasteiger partial charge on any atom is -0.329 e. The summed E-state index contributed by atoms with van der Waals surface area (Å²) in [7, 11) is 0. The Balaban J connectivity index is 1.81. The number of fused-ring (bicyclic) bond motifs is 1. The second kappa shape index (κ2) is 6.67. The standard InChI is InChI=1S/C16H16ClF3N4O/c1-10-15(25)23(8-11-4-2-3-5-12(11)17)9-14-22-21-13(24(10)14)6-7-16(18,19)20/h2-5,10H,6-9H2,1H3/t10-/m0/s1. The van der Waals surface area contributed by atoms with Crippen LogP contribution in [0.1, 0.15) is 36.6 Å². The van der Waals surface area contributed by atoms with Crippen molar-refractivity contribution in [3.8, 4) is 0 Å². The molecule has 1 aliphatic rings. The van der Waals surface area contributed by atoms with Gasteiger partial charge in [-0.05, 0) is 18.6 Å². The van der Waals surface area contributed by atoms with Gasteiger partial charge in [-0.25, -0.2) is 0 Å². The second-order valence-electron chi connectivity index (χ2n) is 5.98. The normalized spacial score (nSPS) is 17.7. The van der Waals surface area contributed by atoms with E-state index in [0.717, 1.165) is 5.56 Å². The predicted molar refractivity (Wildman–Crippen MR) is 84.8 cm³/mol. The van der Waals surface area contributed by atoms with Crippen molar-refractivity contribution in [2.75, 3.05) is 0 Å². The third kappa shape index (κ3) is 3.78. The van der Waals surface area contributed by atoms with Crippen molar-refractivity contribution >= 4 is 17.5 Å². The van der Waals surface area contributed by atoms with Crippen LogP contribution >= 0.6 is 11.6 Å². The minimum atomic E-state index is -4.27. The number of hydrogen-bond donors (Lipinski definition) is 0. The lowest BCUT2D eigenvalue weighted by molar-refractivity contribution is -0.137. The number of rotatable bonds is 4. The van der Waals surface area contributed by atoms with E-state index in [1.807, 2.05) is 12.1 Å². The maximum absolute atomic E-state index is 12.6. The number of benzene rings is 1. The summed E-state index contributed by atoms with van der Waals surface area (Å²) in [5.41, 5.74) is 0.801. The second-order valence-corrected chi connectivity index (χ2v) is 6.39. The molecule has 5 nitrogen and oxygen atoms in total. The molecule has 2 aromatic rings. The number of halogens is 4. The van der Waals surface area contributed by atoms with Crippen LogP contribution in [0.15, 0.2) is 24.3 Å². The lowest BCUT2D eigenvalue weighted by Gasteiger charge is -2.32. The molecule has 2 heterocycles. The highest BCUT2D eigenvalue weighted by atomic mass is 35.5. The van der Waals surface area contributed by atoms with Gasteiger partial charge in [0.25, 0.3) is 0 Å². The van der Waals surface area contributed by atoms with Gasteiger partial charge in [-0.2, -0.15) is 13.2 Å². The highest BCUT2D eigenvalue weighted by molar-refractivity contribution is 6.31. The summed E-state index contributed by atoms with van der Waals surface area (Å²) in [4.78, 5) is 14.2. The highest BCUT2D eigenvalue weighted by Gasteiger charge is 2.35. The first kappa shape index (κ1) is 17.7. The zero-order chi connectivity index (χ0) is 18.2. The molecular formula is C16H16ClF3N4O. The Morgan fingerprint density at radius 1 is 1.28 bits per heavy atom. The van der Waals surface area contributed by atoms with E-state index in [4.69, 9.17) is 11.6 Å². The summed E-state index contributed by atoms with van der Waals surface area (Å²) >= 11 is 6.14. The van der Waals surface area contributed by atoms with Crippen LogP contribution in [0.3, 0.4) is 0 Å². The van der Waals surface area contributed by atoms with E-state index in [1.165, 1.54) is 4.57 Å². The molecule has 9 heteroatoms. The summed E-state index contributed by atoms with van der Waals surface area (Å²) < 4.78 is 38.9. The maximum atomic E-state index is 12.6. The minimum absolute atomic E-state index is 0.186. The van der Waals surface area contributed by atoms with Crippen molar-refractivity contribution in [3.63, 3.8) is 0 Å². The Morgan fingerprint density at radius 3 is 2.68 bits per heavy atom. The van der Waals surface area contributed by atoms with Gasteiger partial charge < -0.3 is 9.47 Å². The van der Waals surface area contributed by atoms with E-state index in [0.29, 0.717) is 17.4 Å². The average Bonchev–Trinajstić information content (AvgIpc) is 2.95. The van der Waals surface area contributed by atoms with Crippen LogP contribution in [0.25, 0.3) is 0 Å². The van der Waals surface area contributed by atoms with Crippen molar-refractivity contribution < 1.29 is 18.0 Å². The molecule has 3 rings (SSSR count). The Kier molecular flexibility index (Phi) is 4.73. The average molecular weight is 373 g/mol. The lowest BCUT2D eigenvalue weighted by Crippen LogP contribution is -2.41. The number of aromatic nitrogens is 3. The first-order valence-corrected chi connectivity index (χ1v) is 8.15. The Morgan fingerprint density at radius 2 is 2.00 bits per heavy atom. The van der Waals surface area contributed by atoms with Gasteiger partial charge in [0.1, 0.15) is 11.9 Å². The highest BCUT2D eigenvalue weighted by Crippen LogP contribution is 2.28. The van der Waals surface area contributed by atoms with E-state index in [1.54, 1.807) is 24.0 Å². The largest absolute Gasteiger partial charge is 0.389 e. The van der Waals surface area contributed by atoms with Crippen molar-refractivity contribution in [2.45, 2.75) is 45.1 Å². The lowest BCUT2D eigenvalue weighted by atomic mass is 10.1. The number of carbonyl (C=O) groups excluding carboxylic acids is 1.